The maximum Gasteiger partial charge on any atom is 0.170 e. The number of fused-ring (bicyclic) bond motifs is 1. The molecule has 21 heavy (non-hydrogen) atoms. The molecular formula is C15H20FN5. The fourth-order valence-corrected chi connectivity index (χ4v) is 2.97. The van der Waals surface area contributed by atoms with Crippen LogP contribution in [0.25, 0.3) is 0 Å². The van der Waals surface area contributed by atoms with Crippen LogP contribution in [0.1, 0.15) is 36.7 Å². The fourth-order valence-electron chi connectivity index (χ4n) is 2.97. The average molecular weight is 289 g/mol. The Morgan fingerprint density at radius 2 is 2.19 bits per heavy atom. The highest BCUT2D eigenvalue weighted by Gasteiger charge is 2.23. The first kappa shape index (κ1) is 14.0. The quantitative estimate of drug-likeness (QED) is 0.867. The lowest BCUT2D eigenvalue weighted by Crippen LogP contribution is -2.31. The summed E-state index contributed by atoms with van der Waals surface area (Å²) in [5.41, 5.74) is 2.79. The Hall–Kier alpha value is -1.98. The Morgan fingerprint density at radius 3 is 3.00 bits per heavy atom. The molecule has 1 aliphatic heterocycles. The molecule has 0 aliphatic carbocycles. The van der Waals surface area contributed by atoms with Crippen molar-refractivity contribution in [1.29, 1.82) is 0 Å². The lowest BCUT2D eigenvalue weighted by molar-refractivity contribution is 0.538. The number of hydrogen-bond donors (Lipinski definition) is 0. The van der Waals surface area contributed by atoms with E-state index in [2.05, 4.69) is 33.4 Å². The predicted octanol–water partition coefficient (Wildman–Crippen LogP) is 2.48. The smallest absolute Gasteiger partial charge is 0.170 e. The van der Waals surface area contributed by atoms with E-state index >= 15 is 0 Å². The Kier molecular flexibility index (Phi) is 3.86. The molecule has 6 heteroatoms. The van der Waals surface area contributed by atoms with Gasteiger partial charge in [0.1, 0.15) is 5.82 Å². The van der Waals surface area contributed by atoms with Crippen LogP contribution in [-0.2, 0) is 19.5 Å². The number of nitrogens with zero attached hydrogens (tertiary/aromatic N) is 5. The highest BCUT2D eigenvalue weighted by Crippen LogP contribution is 2.32. The van der Waals surface area contributed by atoms with Gasteiger partial charge >= 0.3 is 0 Å². The first-order valence-electron chi connectivity index (χ1n) is 7.48. The standard InChI is InChI=1S/C15H20FN5/c1-3-6-21-14(17-18-19-21)10-20-7-4-5-12-8-11(2)9-13(16)15(12)20/h8-9H,3-7,10H2,1-2H3. The highest BCUT2D eigenvalue weighted by molar-refractivity contribution is 5.57. The normalized spacial score (nSPS) is 14.3. The van der Waals surface area contributed by atoms with Crippen LogP contribution in [-0.4, -0.2) is 26.8 Å². The maximum atomic E-state index is 14.4. The summed E-state index contributed by atoms with van der Waals surface area (Å²) in [5.74, 6) is 0.656. The van der Waals surface area contributed by atoms with Crippen LogP contribution in [0.15, 0.2) is 12.1 Å². The third-order valence-corrected chi connectivity index (χ3v) is 3.85. The monoisotopic (exact) mass is 289 g/mol. The summed E-state index contributed by atoms with van der Waals surface area (Å²) < 4.78 is 16.2. The molecule has 1 aliphatic rings. The van der Waals surface area contributed by atoms with E-state index < -0.39 is 0 Å². The van der Waals surface area contributed by atoms with Crippen molar-refractivity contribution in [3.8, 4) is 0 Å². The third kappa shape index (κ3) is 2.75. The van der Waals surface area contributed by atoms with Gasteiger partial charge in [0.15, 0.2) is 5.82 Å². The second-order valence-electron chi connectivity index (χ2n) is 5.60. The molecule has 2 aromatic rings. The van der Waals surface area contributed by atoms with Gasteiger partial charge < -0.3 is 4.90 Å². The summed E-state index contributed by atoms with van der Waals surface area (Å²) in [4.78, 5) is 2.06. The van der Waals surface area contributed by atoms with Gasteiger partial charge in [0.25, 0.3) is 0 Å². The summed E-state index contributed by atoms with van der Waals surface area (Å²) in [6.07, 6.45) is 2.94. The van der Waals surface area contributed by atoms with E-state index in [0.717, 1.165) is 55.0 Å². The molecule has 5 nitrogen and oxygen atoms in total. The van der Waals surface area contributed by atoms with Crippen LogP contribution in [0.3, 0.4) is 0 Å². The lowest BCUT2D eigenvalue weighted by atomic mass is 9.99. The van der Waals surface area contributed by atoms with Gasteiger partial charge in [0, 0.05) is 13.1 Å². The summed E-state index contributed by atoms with van der Waals surface area (Å²) in [6.45, 7) is 6.21. The van der Waals surface area contributed by atoms with E-state index in [1.165, 1.54) is 0 Å². The fraction of sp³-hybridized carbons (Fsp3) is 0.533. The first-order chi connectivity index (χ1) is 10.2. The minimum atomic E-state index is -0.140. The van der Waals surface area contributed by atoms with Crippen LogP contribution in [0.4, 0.5) is 10.1 Å². The molecular weight excluding hydrogens is 269 g/mol. The molecule has 3 rings (SSSR count). The predicted molar refractivity (Wildman–Crippen MR) is 78.6 cm³/mol. The molecule has 1 aromatic heterocycles. The number of anilines is 1. The van der Waals surface area contributed by atoms with Crippen molar-refractivity contribution in [3.05, 3.63) is 34.9 Å². The van der Waals surface area contributed by atoms with Crippen molar-refractivity contribution in [2.75, 3.05) is 11.4 Å². The maximum absolute atomic E-state index is 14.4. The Labute approximate surface area is 123 Å². The van der Waals surface area contributed by atoms with E-state index in [0.29, 0.717) is 6.54 Å². The van der Waals surface area contributed by atoms with E-state index in [9.17, 15) is 4.39 Å². The Morgan fingerprint density at radius 1 is 1.33 bits per heavy atom. The molecule has 0 atom stereocenters. The Bertz CT molecular complexity index is 637. The van der Waals surface area contributed by atoms with Crippen molar-refractivity contribution in [3.63, 3.8) is 0 Å². The first-order valence-corrected chi connectivity index (χ1v) is 7.48. The Balaban J connectivity index is 1.90. The molecule has 0 N–H and O–H groups in total. The van der Waals surface area contributed by atoms with Crippen molar-refractivity contribution in [2.24, 2.45) is 0 Å². The van der Waals surface area contributed by atoms with E-state index in [-0.39, 0.29) is 5.82 Å². The van der Waals surface area contributed by atoms with Gasteiger partial charge in [-0.2, -0.15) is 0 Å². The van der Waals surface area contributed by atoms with Gasteiger partial charge in [0.05, 0.1) is 12.2 Å². The molecule has 2 heterocycles. The minimum absolute atomic E-state index is 0.140. The molecule has 0 saturated heterocycles. The van der Waals surface area contributed by atoms with Crippen molar-refractivity contribution in [2.45, 2.75) is 46.2 Å². The van der Waals surface area contributed by atoms with E-state index in [1.807, 2.05) is 6.92 Å². The summed E-state index contributed by atoms with van der Waals surface area (Å²) in [7, 11) is 0. The molecule has 0 radical (unpaired) electrons. The van der Waals surface area contributed by atoms with Gasteiger partial charge in [-0.1, -0.05) is 13.0 Å². The van der Waals surface area contributed by atoms with Crippen LogP contribution in [0, 0.1) is 12.7 Å². The summed E-state index contributed by atoms with van der Waals surface area (Å²) >= 11 is 0. The molecule has 1 aromatic carbocycles. The zero-order valence-electron chi connectivity index (χ0n) is 12.5. The molecule has 112 valence electrons. The average Bonchev–Trinajstić information content (AvgIpc) is 2.86. The van der Waals surface area contributed by atoms with Gasteiger partial charge in [-0.25, -0.2) is 9.07 Å². The van der Waals surface area contributed by atoms with Gasteiger partial charge in [-0.15, -0.1) is 5.10 Å². The molecule has 0 fully saturated rings. The van der Waals surface area contributed by atoms with Crippen LogP contribution in [0.5, 0.6) is 0 Å². The molecule has 0 unspecified atom stereocenters. The topological polar surface area (TPSA) is 46.8 Å². The van der Waals surface area contributed by atoms with E-state index in [1.54, 1.807) is 10.7 Å². The minimum Gasteiger partial charge on any atom is -0.361 e. The zero-order chi connectivity index (χ0) is 14.8. The zero-order valence-corrected chi connectivity index (χ0v) is 12.5. The molecule has 0 saturated carbocycles. The van der Waals surface area contributed by atoms with Gasteiger partial charge in [-0.05, 0) is 53.8 Å². The van der Waals surface area contributed by atoms with Crippen LogP contribution >= 0.6 is 0 Å². The van der Waals surface area contributed by atoms with Crippen LogP contribution in [0.2, 0.25) is 0 Å². The number of rotatable bonds is 4. The second-order valence-corrected chi connectivity index (χ2v) is 5.60. The SMILES string of the molecule is CCCn1nnnc1CN1CCCc2cc(C)cc(F)c21. The molecule has 0 spiro atoms. The van der Waals surface area contributed by atoms with Crippen LogP contribution < -0.4 is 4.90 Å². The highest BCUT2D eigenvalue weighted by atomic mass is 19.1. The number of aryl methyl sites for hydroxylation is 3. The molecule has 0 amide bonds. The van der Waals surface area contributed by atoms with E-state index in [4.69, 9.17) is 0 Å². The van der Waals surface area contributed by atoms with Gasteiger partial charge in [0.2, 0.25) is 0 Å². The third-order valence-electron chi connectivity index (χ3n) is 3.85. The second kappa shape index (κ2) is 5.79. The summed E-state index contributed by atoms with van der Waals surface area (Å²) in [5, 5.41) is 11.8. The van der Waals surface area contributed by atoms with Crippen molar-refractivity contribution < 1.29 is 4.39 Å². The summed E-state index contributed by atoms with van der Waals surface area (Å²) in [6, 6.07) is 3.69. The van der Waals surface area contributed by atoms with Crippen molar-refractivity contribution in [1.82, 2.24) is 20.2 Å². The number of tetrazole rings is 1. The lowest BCUT2D eigenvalue weighted by Gasteiger charge is -2.31. The largest absolute Gasteiger partial charge is 0.361 e. The number of halogens is 1. The van der Waals surface area contributed by atoms with Crippen molar-refractivity contribution >= 4 is 5.69 Å². The molecule has 0 bridgehead atoms. The van der Waals surface area contributed by atoms with Gasteiger partial charge in [-0.3, -0.25) is 0 Å². The number of aromatic nitrogens is 4. The number of hydrogen-bond acceptors (Lipinski definition) is 4. The number of benzene rings is 1.